The normalized spacial score (nSPS) is 9.57. The summed E-state index contributed by atoms with van der Waals surface area (Å²) in [4.78, 5) is 23.2. The molecule has 0 amide bonds. The van der Waals surface area contributed by atoms with Gasteiger partial charge in [-0.15, -0.1) is 0 Å². The van der Waals surface area contributed by atoms with E-state index in [4.69, 9.17) is 11.6 Å². The highest BCUT2D eigenvalue weighted by atomic mass is 35.5. The van der Waals surface area contributed by atoms with Crippen molar-refractivity contribution in [1.82, 2.24) is 0 Å². The average Bonchev–Trinajstić information content (AvgIpc) is 2.17. The van der Waals surface area contributed by atoms with Crippen molar-refractivity contribution < 1.29 is 19.2 Å². The van der Waals surface area contributed by atoms with Crippen molar-refractivity contribution in [2.45, 2.75) is 0 Å². The van der Waals surface area contributed by atoms with E-state index >= 15 is 0 Å². The highest BCUT2D eigenvalue weighted by Gasteiger charge is 2.17. The predicted molar refractivity (Wildman–Crippen MR) is 44.6 cm³/mol. The summed E-state index contributed by atoms with van der Waals surface area (Å²) < 4.78 is 11.5. The minimum Gasteiger partial charge on any atom is -0.258 e. The molecule has 0 saturated heterocycles. The standard InChI is InChI=1S/C7H3ClFNO4/c8-6-2-1-4(10(12)13)3-5(6)7(11)14-9/h1-3H. The van der Waals surface area contributed by atoms with Crippen LogP contribution in [0.15, 0.2) is 18.2 Å². The van der Waals surface area contributed by atoms with Crippen molar-refractivity contribution >= 4 is 23.3 Å². The lowest BCUT2D eigenvalue weighted by atomic mass is 10.2. The molecule has 0 aliphatic rings. The summed E-state index contributed by atoms with van der Waals surface area (Å²) in [6, 6.07) is 3.05. The molecule has 1 aromatic rings. The minimum atomic E-state index is -1.36. The Morgan fingerprint density at radius 2 is 2.21 bits per heavy atom. The van der Waals surface area contributed by atoms with Crippen molar-refractivity contribution in [3.8, 4) is 0 Å². The zero-order chi connectivity index (χ0) is 10.7. The SMILES string of the molecule is O=C(OF)c1cc([N+](=O)[O-])ccc1Cl. The number of nitrogens with zero attached hydrogens (tertiary/aromatic N) is 1. The highest BCUT2D eigenvalue weighted by molar-refractivity contribution is 6.33. The van der Waals surface area contributed by atoms with E-state index < -0.39 is 10.9 Å². The number of hydrogen-bond donors (Lipinski definition) is 0. The maximum Gasteiger partial charge on any atom is 0.381 e. The third-order valence-corrected chi connectivity index (χ3v) is 1.78. The van der Waals surface area contributed by atoms with Gasteiger partial charge >= 0.3 is 5.97 Å². The molecule has 0 aromatic heterocycles. The summed E-state index contributed by atoms with van der Waals surface area (Å²) in [7, 11) is 0. The van der Waals surface area contributed by atoms with Crippen LogP contribution in [0.2, 0.25) is 5.02 Å². The lowest BCUT2D eigenvalue weighted by molar-refractivity contribution is -0.384. The van der Waals surface area contributed by atoms with Gasteiger partial charge < -0.3 is 0 Å². The molecule has 14 heavy (non-hydrogen) atoms. The van der Waals surface area contributed by atoms with Crippen LogP contribution in [0.5, 0.6) is 0 Å². The van der Waals surface area contributed by atoms with E-state index in [1.165, 1.54) is 0 Å². The second kappa shape index (κ2) is 4.01. The zero-order valence-electron chi connectivity index (χ0n) is 6.57. The Morgan fingerprint density at radius 3 is 2.71 bits per heavy atom. The molecule has 7 heteroatoms. The Balaban J connectivity index is 3.21. The number of nitro groups is 1. The van der Waals surface area contributed by atoms with Crippen molar-refractivity contribution in [2.75, 3.05) is 0 Å². The summed E-state index contributed by atoms with van der Waals surface area (Å²) >= 11 is 5.48. The maximum absolute atomic E-state index is 11.5. The fourth-order valence-electron chi connectivity index (χ4n) is 0.825. The molecule has 5 nitrogen and oxygen atoms in total. The van der Waals surface area contributed by atoms with Gasteiger partial charge in [0, 0.05) is 16.7 Å². The van der Waals surface area contributed by atoms with Gasteiger partial charge in [-0.25, -0.2) is 9.74 Å². The first-order valence-corrected chi connectivity index (χ1v) is 3.71. The maximum atomic E-state index is 11.5. The number of rotatable bonds is 2. The largest absolute Gasteiger partial charge is 0.381 e. The molecule has 1 aromatic carbocycles. The molecule has 0 saturated carbocycles. The fourth-order valence-corrected chi connectivity index (χ4v) is 1.02. The lowest BCUT2D eigenvalue weighted by Gasteiger charge is -1.98. The van der Waals surface area contributed by atoms with Crippen molar-refractivity contribution in [3.05, 3.63) is 38.9 Å². The number of nitro benzene ring substituents is 1. The summed E-state index contributed by atoms with van der Waals surface area (Å²) in [5, 5.41) is 10.2. The fraction of sp³-hybridized carbons (Fsp3) is 0. The zero-order valence-corrected chi connectivity index (χ0v) is 7.32. The van der Waals surface area contributed by atoms with Gasteiger partial charge in [0.15, 0.2) is 0 Å². The minimum absolute atomic E-state index is 0.113. The van der Waals surface area contributed by atoms with Crippen LogP contribution in [-0.2, 0) is 4.94 Å². The van der Waals surface area contributed by atoms with Crippen LogP contribution in [0.4, 0.5) is 10.2 Å². The van der Waals surface area contributed by atoms with Gasteiger partial charge in [-0.3, -0.25) is 10.1 Å². The van der Waals surface area contributed by atoms with Crippen LogP contribution in [0.25, 0.3) is 0 Å². The molecule has 0 N–H and O–H groups in total. The number of halogens is 2. The molecule has 0 aliphatic heterocycles. The molecule has 74 valence electrons. The first-order chi connectivity index (χ1) is 6.56. The van der Waals surface area contributed by atoms with Crippen LogP contribution in [0.1, 0.15) is 10.4 Å². The molecule has 0 unspecified atom stereocenters. The third kappa shape index (κ3) is 1.97. The third-order valence-electron chi connectivity index (χ3n) is 1.45. The summed E-state index contributed by atoms with van der Waals surface area (Å²) in [5.41, 5.74) is -0.752. The molecular formula is C7H3ClFNO4. The van der Waals surface area contributed by atoms with Gasteiger partial charge in [0.05, 0.1) is 15.5 Å². The number of carbonyl (C=O) groups is 1. The van der Waals surface area contributed by atoms with E-state index in [1.54, 1.807) is 0 Å². The highest BCUT2D eigenvalue weighted by Crippen LogP contribution is 2.22. The van der Waals surface area contributed by atoms with E-state index in [9.17, 15) is 19.4 Å². The van der Waals surface area contributed by atoms with Gasteiger partial charge in [-0.1, -0.05) is 11.6 Å². The van der Waals surface area contributed by atoms with Gasteiger partial charge in [0.1, 0.15) is 0 Å². The van der Waals surface area contributed by atoms with E-state index in [2.05, 4.69) is 4.94 Å². The molecule has 0 bridgehead atoms. The van der Waals surface area contributed by atoms with Crippen LogP contribution >= 0.6 is 11.6 Å². The van der Waals surface area contributed by atoms with Crippen molar-refractivity contribution in [3.63, 3.8) is 0 Å². The summed E-state index contributed by atoms with van der Waals surface area (Å²) in [5.74, 6) is -1.36. The van der Waals surface area contributed by atoms with Gasteiger partial charge in [-0.2, -0.15) is 0 Å². The molecule has 0 atom stereocenters. The quantitative estimate of drug-likeness (QED) is 0.565. The topological polar surface area (TPSA) is 69.4 Å². The summed E-state index contributed by atoms with van der Waals surface area (Å²) in [6.45, 7) is 0. The van der Waals surface area contributed by atoms with Crippen LogP contribution in [-0.4, -0.2) is 10.9 Å². The van der Waals surface area contributed by atoms with E-state index in [-0.39, 0.29) is 16.3 Å². The Kier molecular flexibility index (Phi) is 2.98. The van der Waals surface area contributed by atoms with Crippen LogP contribution in [0.3, 0.4) is 0 Å². The van der Waals surface area contributed by atoms with E-state index in [0.717, 1.165) is 18.2 Å². The number of carbonyl (C=O) groups excluding carboxylic acids is 1. The molecule has 1 rings (SSSR count). The molecule has 0 aliphatic carbocycles. The average molecular weight is 220 g/mol. The Morgan fingerprint density at radius 1 is 1.57 bits per heavy atom. The Labute approximate surface area is 82.1 Å². The lowest BCUT2D eigenvalue weighted by Crippen LogP contribution is -2.01. The second-order valence-corrected chi connectivity index (χ2v) is 2.69. The molecule has 0 radical (unpaired) electrons. The van der Waals surface area contributed by atoms with Crippen LogP contribution in [0, 0.1) is 10.1 Å². The molecule has 0 fully saturated rings. The van der Waals surface area contributed by atoms with Crippen LogP contribution < -0.4 is 0 Å². The van der Waals surface area contributed by atoms with Gasteiger partial charge in [0.2, 0.25) is 0 Å². The Bertz CT molecular complexity index is 395. The first kappa shape index (κ1) is 10.4. The first-order valence-electron chi connectivity index (χ1n) is 3.33. The number of hydrogen-bond acceptors (Lipinski definition) is 4. The van der Waals surface area contributed by atoms with Gasteiger partial charge in [-0.05, 0) is 6.07 Å². The number of benzene rings is 1. The van der Waals surface area contributed by atoms with E-state index in [1.807, 2.05) is 0 Å². The Hall–Kier alpha value is -1.69. The number of non-ortho nitro benzene ring substituents is 1. The van der Waals surface area contributed by atoms with Crippen molar-refractivity contribution in [2.24, 2.45) is 0 Å². The smallest absolute Gasteiger partial charge is 0.258 e. The van der Waals surface area contributed by atoms with Gasteiger partial charge in [0.25, 0.3) is 5.69 Å². The second-order valence-electron chi connectivity index (χ2n) is 2.29. The van der Waals surface area contributed by atoms with E-state index in [0.29, 0.717) is 0 Å². The molecular weight excluding hydrogens is 217 g/mol. The molecule has 0 spiro atoms. The summed E-state index contributed by atoms with van der Waals surface area (Å²) in [6.07, 6.45) is 0. The molecule has 0 heterocycles. The monoisotopic (exact) mass is 219 g/mol. The predicted octanol–water partition coefficient (Wildman–Crippen LogP) is 2.29. The van der Waals surface area contributed by atoms with Crippen molar-refractivity contribution in [1.29, 1.82) is 0 Å².